The van der Waals surface area contributed by atoms with Crippen LogP contribution in [0.4, 0.5) is 22.0 Å². The van der Waals surface area contributed by atoms with Crippen LogP contribution in [-0.2, 0) is 6.42 Å². The van der Waals surface area contributed by atoms with Crippen molar-refractivity contribution in [3.05, 3.63) is 65.3 Å². The molecule has 0 amide bonds. The lowest BCUT2D eigenvalue weighted by molar-refractivity contribution is 0.304. The van der Waals surface area contributed by atoms with Crippen molar-refractivity contribution < 1.29 is 22.0 Å². The van der Waals surface area contributed by atoms with Crippen LogP contribution in [0.2, 0.25) is 0 Å². The molecule has 0 unspecified atom stereocenters. The molecule has 0 bridgehead atoms. The van der Waals surface area contributed by atoms with E-state index in [9.17, 15) is 22.0 Å². The molecule has 0 aromatic heterocycles. The smallest absolute Gasteiger partial charge is 0.170 e. The van der Waals surface area contributed by atoms with E-state index >= 15 is 0 Å². The minimum Gasteiger partial charge on any atom is -0.208 e. The molecule has 162 valence electrons. The number of benzene rings is 2. The van der Waals surface area contributed by atoms with E-state index in [1.54, 1.807) is 6.08 Å². The van der Waals surface area contributed by atoms with E-state index < -0.39 is 46.0 Å². The Hall–Kier alpha value is -2.17. The van der Waals surface area contributed by atoms with Crippen LogP contribution in [0.3, 0.4) is 0 Å². The topological polar surface area (TPSA) is 0 Å². The second kappa shape index (κ2) is 9.76. The minimum atomic E-state index is -1.56. The number of fused-ring (bicyclic) bond motifs is 1. The summed E-state index contributed by atoms with van der Waals surface area (Å²) in [6, 6.07) is 3.94. The lowest BCUT2D eigenvalue weighted by Crippen LogP contribution is -2.14. The van der Waals surface area contributed by atoms with Gasteiger partial charge in [-0.3, -0.25) is 0 Å². The monoisotopic (exact) mass is 422 g/mol. The third-order valence-electron chi connectivity index (χ3n) is 6.16. The first-order valence-electron chi connectivity index (χ1n) is 10.7. The maximum Gasteiger partial charge on any atom is 0.170 e. The molecular weight excluding hydrogens is 395 g/mol. The van der Waals surface area contributed by atoms with Gasteiger partial charge in [0.1, 0.15) is 11.6 Å². The highest BCUT2D eigenvalue weighted by Gasteiger charge is 2.28. The van der Waals surface area contributed by atoms with Gasteiger partial charge in [0.2, 0.25) is 0 Å². The Morgan fingerprint density at radius 1 is 1.00 bits per heavy atom. The normalized spacial score (nSPS) is 20.3. The summed E-state index contributed by atoms with van der Waals surface area (Å²) in [5.41, 5.74) is -0.496. The molecule has 0 atom stereocenters. The average molecular weight is 422 g/mol. The first-order valence-corrected chi connectivity index (χ1v) is 10.7. The molecule has 30 heavy (non-hydrogen) atoms. The van der Waals surface area contributed by atoms with Gasteiger partial charge in [-0.05, 0) is 61.5 Å². The molecule has 0 spiro atoms. The van der Waals surface area contributed by atoms with E-state index in [2.05, 4.69) is 6.58 Å². The summed E-state index contributed by atoms with van der Waals surface area (Å²) < 4.78 is 73.7. The van der Waals surface area contributed by atoms with Crippen molar-refractivity contribution in [3.8, 4) is 0 Å². The Morgan fingerprint density at radius 2 is 1.70 bits per heavy atom. The number of unbranched alkanes of at least 4 members (excludes halogenated alkanes) is 2. The highest BCUT2D eigenvalue weighted by atomic mass is 19.2. The van der Waals surface area contributed by atoms with Crippen LogP contribution in [0.1, 0.15) is 63.0 Å². The van der Waals surface area contributed by atoms with Crippen molar-refractivity contribution in [2.75, 3.05) is 0 Å². The van der Waals surface area contributed by atoms with Crippen LogP contribution in [0.5, 0.6) is 0 Å². The van der Waals surface area contributed by atoms with Crippen LogP contribution in [0.15, 0.2) is 36.7 Å². The molecule has 0 nitrogen and oxygen atoms in total. The fourth-order valence-corrected chi connectivity index (χ4v) is 4.26. The highest BCUT2D eigenvalue weighted by molar-refractivity contribution is 5.88. The summed E-state index contributed by atoms with van der Waals surface area (Å²) in [5.74, 6) is -6.73. The van der Waals surface area contributed by atoms with Crippen LogP contribution in [0.25, 0.3) is 16.6 Å². The molecule has 5 heteroatoms. The van der Waals surface area contributed by atoms with Crippen molar-refractivity contribution in [1.82, 2.24) is 0 Å². The van der Waals surface area contributed by atoms with Crippen LogP contribution in [0, 0.1) is 29.3 Å². The van der Waals surface area contributed by atoms with Gasteiger partial charge in [0.05, 0.1) is 10.9 Å². The zero-order valence-electron chi connectivity index (χ0n) is 17.2. The SMILES string of the molecule is C=CC1CCC(C(F)=C(F)c2cc3ccc(CCCCC)c(F)c3c(F)c2F)CC1. The fraction of sp³-hybridized carbons (Fsp3) is 0.440. The van der Waals surface area contributed by atoms with Gasteiger partial charge in [0.15, 0.2) is 17.5 Å². The summed E-state index contributed by atoms with van der Waals surface area (Å²) in [5, 5.41) is -0.496. The summed E-state index contributed by atoms with van der Waals surface area (Å²) in [6.45, 7) is 5.73. The molecule has 0 radical (unpaired) electrons. The zero-order valence-corrected chi connectivity index (χ0v) is 17.2. The van der Waals surface area contributed by atoms with Gasteiger partial charge >= 0.3 is 0 Å². The predicted octanol–water partition coefficient (Wildman–Crippen LogP) is 8.59. The maximum absolute atomic E-state index is 14.8. The highest BCUT2D eigenvalue weighted by Crippen LogP contribution is 2.40. The van der Waals surface area contributed by atoms with E-state index in [4.69, 9.17) is 0 Å². The summed E-state index contributed by atoms with van der Waals surface area (Å²) >= 11 is 0. The Bertz CT molecular complexity index is 952. The Balaban J connectivity index is 1.98. The van der Waals surface area contributed by atoms with Crippen molar-refractivity contribution >= 4 is 16.6 Å². The van der Waals surface area contributed by atoms with Gasteiger partial charge in [0.25, 0.3) is 0 Å². The van der Waals surface area contributed by atoms with Crippen molar-refractivity contribution in [1.29, 1.82) is 0 Å². The molecule has 0 N–H and O–H groups in total. The summed E-state index contributed by atoms with van der Waals surface area (Å²) in [4.78, 5) is 0. The number of halogens is 5. The number of hydrogen-bond acceptors (Lipinski definition) is 0. The Morgan fingerprint density at radius 3 is 2.33 bits per heavy atom. The minimum absolute atomic E-state index is 0.0129. The summed E-state index contributed by atoms with van der Waals surface area (Å²) in [6.07, 6.45) is 6.99. The first-order chi connectivity index (χ1) is 14.4. The van der Waals surface area contributed by atoms with E-state index in [0.717, 1.165) is 25.3 Å². The molecule has 1 saturated carbocycles. The van der Waals surface area contributed by atoms with Crippen LogP contribution in [-0.4, -0.2) is 0 Å². The molecule has 2 aromatic rings. The molecule has 1 fully saturated rings. The Kier molecular flexibility index (Phi) is 7.32. The first kappa shape index (κ1) is 22.5. The molecule has 3 rings (SSSR count). The van der Waals surface area contributed by atoms with E-state index in [0.29, 0.717) is 37.7 Å². The zero-order chi connectivity index (χ0) is 21.8. The summed E-state index contributed by atoms with van der Waals surface area (Å²) in [7, 11) is 0. The second-order valence-corrected chi connectivity index (χ2v) is 8.16. The van der Waals surface area contributed by atoms with E-state index in [-0.39, 0.29) is 11.3 Å². The fourth-order valence-electron chi connectivity index (χ4n) is 4.26. The van der Waals surface area contributed by atoms with E-state index in [1.807, 2.05) is 6.92 Å². The van der Waals surface area contributed by atoms with Crippen LogP contribution >= 0.6 is 0 Å². The lowest BCUT2D eigenvalue weighted by atomic mass is 9.81. The lowest BCUT2D eigenvalue weighted by Gasteiger charge is -2.25. The van der Waals surface area contributed by atoms with Gasteiger partial charge < -0.3 is 0 Å². The number of allylic oxidation sites excluding steroid dienone is 2. The molecule has 2 aromatic carbocycles. The Labute approximate surface area is 174 Å². The van der Waals surface area contributed by atoms with Crippen LogP contribution < -0.4 is 0 Å². The third-order valence-corrected chi connectivity index (χ3v) is 6.16. The van der Waals surface area contributed by atoms with Crippen molar-refractivity contribution in [2.45, 2.75) is 58.3 Å². The van der Waals surface area contributed by atoms with Gasteiger partial charge in [-0.1, -0.05) is 38.0 Å². The van der Waals surface area contributed by atoms with Gasteiger partial charge in [-0.25, -0.2) is 22.0 Å². The molecule has 0 aliphatic heterocycles. The van der Waals surface area contributed by atoms with Gasteiger partial charge in [-0.2, -0.15) is 0 Å². The quantitative estimate of drug-likeness (QED) is 0.238. The second-order valence-electron chi connectivity index (χ2n) is 8.16. The van der Waals surface area contributed by atoms with Gasteiger partial charge in [-0.15, -0.1) is 6.58 Å². The van der Waals surface area contributed by atoms with Crippen molar-refractivity contribution in [3.63, 3.8) is 0 Å². The molecular formula is C25H27F5. The number of hydrogen-bond donors (Lipinski definition) is 0. The van der Waals surface area contributed by atoms with E-state index in [1.165, 1.54) is 12.1 Å². The largest absolute Gasteiger partial charge is 0.208 e. The number of rotatable bonds is 7. The molecule has 1 aliphatic carbocycles. The van der Waals surface area contributed by atoms with Crippen molar-refractivity contribution in [2.24, 2.45) is 11.8 Å². The molecule has 0 saturated heterocycles. The third kappa shape index (κ3) is 4.45. The molecule has 0 heterocycles. The number of aryl methyl sites for hydroxylation is 1. The molecule has 1 aliphatic rings. The average Bonchev–Trinajstić information content (AvgIpc) is 2.76. The standard InChI is InChI=1S/C25H27F5/c1-3-5-6-7-16-12-13-18-14-19(24(29)25(30)20(18)21(16)26)23(28)22(27)17-10-8-15(4-2)9-11-17/h4,12-15,17H,2-3,5-11H2,1H3. The maximum atomic E-state index is 14.8. The van der Waals surface area contributed by atoms with Gasteiger partial charge in [0, 0.05) is 5.92 Å². The predicted molar refractivity (Wildman–Crippen MR) is 112 cm³/mol.